The predicted octanol–water partition coefficient (Wildman–Crippen LogP) is 12.5. The molecule has 0 atom stereocenters. The van der Waals surface area contributed by atoms with Gasteiger partial charge in [0, 0.05) is 59.9 Å². The number of fused-ring (bicyclic) bond motifs is 6. The average molecular weight is 862 g/mol. The van der Waals surface area contributed by atoms with E-state index in [0.717, 1.165) is 70.5 Å². The Morgan fingerprint density at radius 3 is 2.14 bits per heavy atom. The number of hydrogen-bond donors (Lipinski definition) is 1. The molecule has 0 saturated heterocycles. The molecule has 0 saturated carbocycles. The Morgan fingerprint density at radius 1 is 0.843 bits per heavy atom. The topological polar surface area (TPSA) is 76.2 Å². The van der Waals surface area contributed by atoms with Crippen LogP contribution in [-0.2, 0) is 36.7 Å². The van der Waals surface area contributed by atoms with Crippen molar-refractivity contribution in [2.24, 2.45) is 17.8 Å². The molecule has 0 spiro atoms. The summed E-state index contributed by atoms with van der Waals surface area (Å²) >= 11 is 0. The summed E-state index contributed by atoms with van der Waals surface area (Å²) in [5.74, 6) is 1.14. The molecule has 0 aliphatic carbocycles. The maximum Gasteiger partial charge on any atom is 0.223 e. The number of ketones is 1. The van der Waals surface area contributed by atoms with Gasteiger partial charge < -0.3 is 9.52 Å². The molecule has 0 bridgehead atoms. The first-order valence-electron chi connectivity index (χ1n) is 18.4. The zero-order valence-corrected chi connectivity index (χ0v) is 34.1. The molecule has 2 heterocycles. The summed E-state index contributed by atoms with van der Waals surface area (Å²) in [6.07, 6.45) is 7.55. The molecule has 0 fully saturated rings. The molecule has 0 unspecified atom stereocenters. The second kappa shape index (κ2) is 17.1. The minimum Gasteiger partial charge on any atom is -0.512 e. The Labute approximate surface area is 317 Å². The SMILES string of the molecule is CC(C)Cc1cccc2c1ccc1c2oc2ncnc(-c3[c-]c4ccccc4c(C(C)(C)C)c3)c21.CCC(CC)C(=O)/C=C(\O)C(CC)CC.[Ir]. The van der Waals surface area contributed by atoms with Crippen LogP contribution in [0.2, 0.25) is 0 Å². The summed E-state index contributed by atoms with van der Waals surface area (Å²) < 4.78 is 6.41. The number of furan rings is 1. The second-order valence-corrected chi connectivity index (χ2v) is 14.9. The summed E-state index contributed by atoms with van der Waals surface area (Å²) in [5.41, 5.74) is 5.94. The normalized spacial score (nSPS) is 12.3. The van der Waals surface area contributed by atoms with Crippen LogP contribution in [0.25, 0.3) is 54.9 Å². The molecule has 4 aromatic carbocycles. The zero-order valence-electron chi connectivity index (χ0n) is 31.7. The van der Waals surface area contributed by atoms with E-state index < -0.39 is 0 Å². The summed E-state index contributed by atoms with van der Waals surface area (Å²) in [5, 5.41) is 16.5. The van der Waals surface area contributed by atoms with Gasteiger partial charge in [0.15, 0.2) is 5.78 Å². The van der Waals surface area contributed by atoms with Crippen LogP contribution in [0.3, 0.4) is 0 Å². The molecule has 51 heavy (non-hydrogen) atoms. The molecule has 6 rings (SSSR count). The van der Waals surface area contributed by atoms with Gasteiger partial charge in [0.05, 0.1) is 5.76 Å². The van der Waals surface area contributed by atoms with Crippen LogP contribution in [0.5, 0.6) is 0 Å². The number of carbonyl (C=O) groups excluding carboxylic acids is 1. The first kappa shape index (κ1) is 39.9. The molecule has 1 N–H and O–H groups in total. The Balaban J connectivity index is 0.000000312. The first-order valence-corrected chi connectivity index (χ1v) is 18.4. The third-order valence-electron chi connectivity index (χ3n) is 9.93. The maximum atomic E-state index is 11.7. The van der Waals surface area contributed by atoms with Gasteiger partial charge >= 0.3 is 0 Å². The monoisotopic (exact) mass is 862 g/mol. The number of rotatable bonds is 10. The number of aliphatic hydroxyl groups excluding tert-OH is 1. The van der Waals surface area contributed by atoms with E-state index in [1.165, 1.54) is 28.0 Å². The summed E-state index contributed by atoms with van der Waals surface area (Å²) in [7, 11) is 0. The maximum absolute atomic E-state index is 11.7. The van der Waals surface area contributed by atoms with Crippen molar-refractivity contribution in [3.63, 3.8) is 0 Å². The molecule has 0 aliphatic rings. The fourth-order valence-electron chi connectivity index (χ4n) is 7.07. The predicted molar refractivity (Wildman–Crippen MR) is 210 cm³/mol. The van der Waals surface area contributed by atoms with E-state index in [-0.39, 0.29) is 48.9 Å². The van der Waals surface area contributed by atoms with Gasteiger partial charge in [0.2, 0.25) is 5.71 Å². The molecule has 0 aliphatic heterocycles. The molecule has 5 nitrogen and oxygen atoms in total. The number of hydrogen-bond acceptors (Lipinski definition) is 5. The van der Waals surface area contributed by atoms with Crippen LogP contribution in [0, 0.1) is 23.8 Å². The third kappa shape index (κ3) is 8.62. The number of nitrogens with zero attached hydrogens (tertiary/aromatic N) is 2. The molecule has 271 valence electrons. The van der Waals surface area contributed by atoms with Crippen molar-refractivity contribution in [1.82, 2.24) is 9.97 Å². The van der Waals surface area contributed by atoms with Crippen molar-refractivity contribution >= 4 is 49.4 Å². The molecular formula is C45H53IrN2O3-. The fraction of sp³-hybridized carbons (Fsp3) is 0.400. The van der Waals surface area contributed by atoms with Gasteiger partial charge in [-0.1, -0.05) is 122 Å². The Bertz CT molecular complexity index is 2150. The smallest absolute Gasteiger partial charge is 0.223 e. The average Bonchev–Trinajstić information content (AvgIpc) is 3.48. The Hall–Kier alpha value is -3.86. The van der Waals surface area contributed by atoms with E-state index in [2.05, 4.69) is 106 Å². The summed E-state index contributed by atoms with van der Waals surface area (Å²) in [6.45, 7) is 19.3. The van der Waals surface area contributed by atoms with Gasteiger partial charge in [-0.3, -0.25) is 9.78 Å². The van der Waals surface area contributed by atoms with Crippen molar-refractivity contribution in [2.75, 3.05) is 0 Å². The molecular weight excluding hydrogens is 809 g/mol. The quantitative estimate of drug-likeness (QED) is 0.0843. The van der Waals surface area contributed by atoms with Crippen LogP contribution < -0.4 is 0 Å². The second-order valence-electron chi connectivity index (χ2n) is 14.9. The zero-order chi connectivity index (χ0) is 36.2. The van der Waals surface area contributed by atoms with Gasteiger partial charge in [-0.15, -0.1) is 29.1 Å². The van der Waals surface area contributed by atoms with Crippen molar-refractivity contribution in [1.29, 1.82) is 0 Å². The van der Waals surface area contributed by atoms with Crippen LogP contribution in [0.4, 0.5) is 0 Å². The summed E-state index contributed by atoms with van der Waals surface area (Å²) in [4.78, 5) is 21.0. The number of aromatic nitrogens is 2. The van der Waals surface area contributed by atoms with E-state index in [1.807, 2.05) is 27.7 Å². The van der Waals surface area contributed by atoms with Crippen molar-refractivity contribution < 1.29 is 34.4 Å². The van der Waals surface area contributed by atoms with Gasteiger partial charge in [0.25, 0.3) is 0 Å². The van der Waals surface area contributed by atoms with E-state index in [1.54, 1.807) is 6.33 Å². The van der Waals surface area contributed by atoms with Crippen molar-refractivity contribution in [3.05, 3.63) is 96.0 Å². The molecule has 6 heteroatoms. The first-order chi connectivity index (χ1) is 23.9. The van der Waals surface area contributed by atoms with Crippen molar-refractivity contribution in [2.45, 2.75) is 99.8 Å². The van der Waals surface area contributed by atoms with E-state index >= 15 is 0 Å². The van der Waals surface area contributed by atoms with Crippen molar-refractivity contribution in [3.8, 4) is 11.3 Å². The van der Waals surface area contributed by atoms with Crippen LogP contribution in [0.15, 0.2) is 83.2 Å². The molecule has 0 amide bonds. The summed E-state index contributed by atoms with van der Waals surface area (Å²) in [6, 6.07) is 25.3. The fourth-order valence-corrected chi connectivity index (χ4v) is 7.07. The van der Waals surface area contributed by atoms with E-state index in [0.29, 0.717) is 11.6 Å². The van der Waals surface area contributed by atoms with Gasteiger partial charge in [-0.25, -0.2) is 4.98 Å². The van der Waals surface area contributed by atoms with Gasteiger partial charge in [0.1, 0.15) is 11.9 Å². The number of allylic oxidation sites excluding steroid dienone is 2. The molecule has 1 radical (unpaired) electrons. The van der Waals surface area contributed by atoms with Crippen LogP contribution in [-0.4, -0.2) is 20.9 Å². The number of benzene rings is 4. The van der Waals surface area contributed by atoms with Crippen LogP contribution in [0.1, 0.15) is 99.1 Å². The third-order valence-corrected chi connectivity index (χ3v) is 9.93. The molecule has 6 aromatic rings. The largest absolute Gasteiger partial charge is 0.512 e. The van der Waals surface area contributed by atoms with Gasteiger partial charge in [-0.2, -0.15) is 0 Å². The molecule has 2 aromatic heterocycles. The Morgan fingerprint density at radius 2 is 1.49 bits per heavy atom. The minimum atomic E-state index is -0.0168. The van der Waals surface area contributed by atoms with E-state index in [4.69, 9.17) is 9.40 Å². The number of carbonyl (C=O) groups is 1. The Kier molecular flexibility index (Phi) is 13.4. The van der Waals surface area contributed by atoms with Crippen LogP contribution >= 0.6 is 0 Å². The van der Waals surface area contributed by atoms with E-state index in [9.17, 15) is 9.90 Å². The standard InChI is InChI=1S/C32H29N2O.C13H24O2.Ir/c1-19(2)15-20-10-8-12-25-23(20)13-14-26-28-29(33-18-34-31(28)35-30(25)26)22-16-21-9-6-7-11-24(21)27(17-22)32(3,4)5;1-5-10(6-2)12(14)9-13(15)11(7-3)8-4;/h6-14,17-19H,15H2,1-5H3;9-11,14H,5-8H2,1-4H3;/q-1;;/b;12-9-;. The van der Waals surface area contributed by atoms with Gasteiger partial charge in [-0.05, 0) is 54.4 Å². The number of aliphatic hydroxyl groups is 1. The minimum absolute atomic E-state index is 0.